The van der Waals surface area contributed by atoms with Gasteiger partial charge < -0.3 is 23.4 Å². The number of anilines is 1. The molecule has 0 heterocycles. The van der Waals surface area contributed by atoms with Crippen molar-refractivity contribution < 1.29 is 99.1 Å². The number of alkyl halides is 2. The topological polar surface area (TPSA) is 110 Å². The Morgan fingerprint density at radius 2 is 1.25 bits per heavy atom. The summed E-state index contributed by atoms with van der Waals surface area (Å²) in [5.74, 6) is 0. The van der Waals surface area contributed by atoms with Gasteiger partial charge in [-0.05, 0) is 19.1 Å². The quantitative estimate of drug-likeness (QED) is 0.0478. The van der Waals surface area contributed by atoms with E-state index in [-0.39, 0.29) is 124 Å². The average molecular weight is 886 g/mol. The number of nitro benzene ring substituents is 1. The van der Waals surface area contributed by atoms with Gasteiger partial charge in [-0.1, -0.05) is 97.8 Å². The van der Waals surface area contributed by atoms with Gasteiger partial charge in [-0.15, -0.1) is 12.6 Å². The van der Waals surface area contributed by atoms with E-state index < -0.39 is 0 Å². The summed E-state index contributed by atoms with van der Waals surface area (Å²) in [6, 6.07) is 14.1. The summed E-state index contributed by atoms with van der Waals surface area (Å²) in [6.45, 7) is 1.72. The summed E-state index contributed by atoms with van der Waals surface area (Å²) in [5.41, 5.74) is 7.06. The number of thiol groups is 1. The van der Waals surface area contributed by atoms with E-state index in [0.29, 0.717) is 5.56 Å². The minimum atomic E-state index is -0.380. The van der Waals surface area contributed by atoms with Crippen LogP contribution in [0.2, 0.25) is 0 Å². The second kappa shape index (κ2) is 50.1. The van der Waals surface area contributed by atoms with Crippen LogP contribution in [-0.4, -0.2) is 31.8 Å². The molecule has 0 aromatic heterocycles. The Balaban J connectivity index is -0.0000000254. The van der Waals surface area contributed by atoms with Crippen molar-refractivity contribution in [3.63, 3.8) is 0 Å². The summed E-state index contributed by atoms with van der Waals surface area (Å²) in [7, 11) is 2.00. The van der Waals surface area contributed by atoms with Crippen LogP contribution in [0.4, 0.5) is 11.4 Å². The molecule has 0 spiro atoms. The average Bonchev–Trinajstić information content (AvgIpc) is 2.62. The maximum absolute atomic E-state index is 10.2. The van der Waals surface area contributed by atoms with Gasteiger partial charge in [-0.3, -0.25) is 10.1 Å². The molecular formula is C20H39I2N2O4SVY2-. The van der Waals surface area contributed by atoms with Crippen LogP contribution in [0.5, 0.6) is 0 Å². The zero-order chi connectivity index (χ0) is 20.3. The van der Waals surface area contributed by atoms with Gasteiger partial charge in [0.2, 0.25) is 0 Å². The van der Waals surface area contributed by atoms with Crippen LogP contribution >= 0.6 is 57.8 Å². The molecule has 0 saturated heterocycles. The van der Waals surface area contributed by atoms with Gasteiger partial charge in [0.25, 0.3) is 5.69 Å². The molecule has 0 fully saturated rings. The number of aliphatic hydroxyl groups excluding tert-OH is 2. The predicted molar refractivity (Wildman–Crippen MR) is 152 cm³/mol. The van der Waals surface area contributed by atoms with Gasteiger partial charge in [0.05, 0.1) is 7.36 Å². The van der Waals surface area contributed by atoms with Gasteiger partial charge in [-0.2, -0.15) is 0 Å². The SMILES string of the molecule is C.C.C.CO.CO.Cc1ccccc1[N+](=O)[O-].ICI.Nc1ccccc1S.[CH3-].[V].[Y].[Y]. The Hall–Kier alpha value is 2.16. The van der Waals surface area contributed by atoms with Gasteiger partial charge in [0.1, 0.15) is 0 Å². The van der Waals surface area contributed by atoms with Gasteiger partial charge in [0.15, 0.2) is 0 Å². The van der Waals surface area contributed by atoms with Crippen LogP contribution in [0.3, 0.4) is 0 Å². The number of hydrogen-bond acceptors (Lipinski definition) is 6. The number of benzene rings is 2. The van der Waals surface area contributed by atoms with E-state index >= 15 is 0 Å². The van der Waals surface area contributed by atoms with Crippen molar-refractivity contribution in [1.29, 1.82) is 0 Å². The third-order valence-corrected chi connectivity index (χ3v) is 2.66. The number of nitro groups is 1. The van der Waals surface area contributed by atoms with E-state index in [1.165, 1.54) is 8.50 Å². The zero-order valence-corrected chi connectivity index (χ0v) is 29.1. The smallest absolute Gasteiger partial charge is 0.272 e. The molecule has 2 rings (SSSR count). The van der Waals surface area contributed by atoms with Gasteiger partial charge in [0, 0.05) is 120 Å². The van der Waals surface area contributed by atoms with Crippen LogP contribution in [0.25, 0.3) is 0 Å². The van der Waals surface area contributed by atoms with Crippen molar-refractivity contribution >= 4 is 69.2 Å². The Morgan fingerprint density at radius 3 is 1.47 bits per heavy atom. The second-order valence-electron chi connectivity index (χ2n) is 3.70. The number of aliphatic hydroxyl groups is 2. The molecule has 4 N–H and O–H groups in total. The fourth-order valence-electron chi connectivity index (χ4n) is 1.26. The number of para-hydroxylation sites is 2. The maximum atomic E-state index is 10.2. The molecule has 3 radical (unpaired) electrons. The molecule has 6 nitrogen and oxygen atoms in total. The molecule has 0 saturated carbocycles. The first kappa shape index (κ1) is 64.4. The number of aryl methyl sites for hydroxylation is 1. The summed E-state index contributed by atoms with van der Waals surface area (Å²) in [5, 5.41) is 24.2. The molecule has 0 bridgehead atoms. The number of nitrogen functional groups attached to an aromatic ring is 1. The fourth-order valence-corrected chi connectivity index (χ4v) is 1.42. The summed E-state index contributed by atoms with van der Waals surface area (Å²) in [4.78, 5) is 10.7. The van der Waals surface area contributed by atoms with Crippen LogP contribution < -0.4 is 5.73 Å². The third-order valence-electron chi connectivity index (χ3n) is 2.25. The monoisotopic (exact) mass is 886 g/mol. The Kier molecular flexibility index (Phi) is 101. The summed E-state index contributed by atoms with van der Waals surface area (Å²) >= 11 is 8.62. The maximum Gasteiger partial charge on any atom is 0.272 e. The predicted octanol–water partition coefficient (Wildman–Crippen LogP) is 6.84. The largest absolute Gasteiger partial charge is 0.400 e. The molecule has 2 aromatic rings. The van der Waals surface area contributed by atoms with Crippen molar-refractivity contribution in [2.45, 2.75) is 34.1 Å². The van der Waals surface area contributed by atoms with Gasteiger partial charge in [-0.25, -0.2) is 0 Å². The minimum absolute atomic E-state index is 0. The van der Waals surface area contributed by atoms with E-state index in [2.05, 4.69) is 57.8 Å². The number of halogens is 2. The van der Waals surface area contributed by atoms with Crippen molar-refractivity contribution in [1.82, 2.24) is 0 Å². The molecule has 185 valence electrons. The number of hydrogen-bond donors (Lipinski definition) is 4. The van der Waals surface area contributed by atoms with Crippen LogP contribution in [-0.2, 0) is 84.0 Å². The Morgan fingerprint density at radius 1 is 0.938 bits per heavy atom. The Bertz CT molecular complexity index is 574. The molecular weight excluding hydrogens is 847 g/mol. The number of nitrogens with two attached hydrogens (primary N) is 1. The Labute approximate surface area is 291 Å². The normalized spacial score (nSPS) is 6.12. The van der Waals surface area contributed by atoms with Crippen molar-refractivity contribution in [2.75, 3.05) is 22.4 Å². The standard InChI is InChI=1S/C7H7NO2.C6H7NS.CH2I2.2CH4O.3CH4.CH3.V.2Y/c1-6-4-2-3-5-7(6)8(9)10;7-5-3-1-2-4-6(5)8;2-1-3;2*1-2;;;;;;;/h2-5H,1H3;1-4,8H,7H2;1H2;2*2H,1H3;3*1H4;1H3;;;/q;;;;;;;;-1;;;. The molecule has 0 aliphatic rings. The number of nitrogens with zero attached hydrogens (tertiary/aromatic N) is 1. The molecule has 0 aliphatic heterocycles. The molecule has 12 heteroatoms. The molecule has 0 unspecified atom stereocenters. The first-order valence-corrected chi connectivity index (χ1v) is 10.2. The van der Waals surface area contributed by atoms with Crippen molar-refractivity contribution in [3.05, 3.63) is 71.6 Å². The van der Waals surface area contributed by atoms with Crippen LogP contribution in [0.1, 0.15) is 27.8 Å². The van der Waals surface area contributed by atoms with Crippen molar-refractivity contribution in [2.24, 2.45) is 0 Å². The van der Waals surface area contributed by atoms with Crippen LogP contribution in [0, 0.1) is 24.5 Å². The summed E-state index contributed by atoms with van der Waals surface area (Å²) < 4.78 is 1.19. The van der Waals surface area contributed by atoms with Crippen molar-refractivity contribution in [3.8, 4) is 0 Å². The molecule has 0 atom stereocenters. The second-order valence-corrected chi connectivity index (χ2v) is 8.63. The molecule has 2 aromatic carbocycles. The minimum Gasteiger partial charge on any atom is -0.400 e. The molecule has 0 amide bonds. The first-order valence-electron chi connectivity index (χ1n) is 6.68. The zero-order valence-electron chi connectivity index (χ0n) is 16.9. The van der Waals surface area contributed by atoms with Gasteiger partial charge >= 0.3 is 0 Å². The van der Waals surface area contributed by atoms with E-state index in [9.17, 15) is 10.1 Å². The van der Waals surface area contributed by atoms with E-state index in [1.807, 2.05) is 24.3 Å². The van der Waals surface area contributed by atoms with Crippen LogP contribution in [0.15, 0.2) is 53.4 Å². The molecule has 0 aliphatic carbocycles. The van der Waals surface area contributed by atoms with E-state index in [0.717, 1.165) is 24.8 Å². The fraction of sp³-hybridized carbons (Fsp3) is 0.350. The third kappa shape index (κ3) is 39.4. The number of rotatable bonds is 1. The molecule has 32 heavy (non-hydrogen) atoms. The van der Waals surface area contributed by atoms with E-state index in [1.54, 1.807) is 25.1 Å². The summed E-state index contributed by atoms with van der Waals surface area (Å²) in [6.07, 6.45) is 0. The first-order chi connectivity index (χ1) is 11.9. The van der Waals surface area contributed by atoms with E-state index in [4.69, 9.17) is 15.9 Å².